The number of amides is 1. The van der Waals surface area contributed by atoms with Gasteiger partial charge < -0.3 is 9.64 Å². The molecule has 1 amide bonds. The molecule has 3 rings (SSSR count). The second kappa shape index (κ2) is 11.1. The third kappa shape index (κ3) is 6.84. The van der Waals surface area contributed by atoms with Gasteiger partial charge >= 0.3 is 0 Å². The topological polar surface area (TPSA) is 45.7 Å². The van der Waals surface area contributed by atoms with Gasteiger partial charge in [-0.25, -0.2) is 0 Å². The fourth-order valence-electron chi connectivity index (χ4n) is 3.28. The van der Waals surface area contributed by atoms with Crippen molar-refractivity contribution in [2.24, 2.45) is 0 Å². The van der Waals surface area contributed by atoms with E-state index in [4.69, 9.17) is 4.74 Å². The van der Waals surface area contributed by atoms with Crippen molar-refractivity contribution in [1.29, 1.82) is 0 Å². The Morgan fingerprint density at radius 1 is 1.07 bits per heavy atom. The average Bonchev–Trinajstić information content (AvgIpc) is 2.94. The number of hydrogen-bond acceptors (Lipinski definition) is 5. The minimum atomic E-state index is 0.236. The van der Waals surface area contributed by atoms with Crippen LogP contribution < -0.4 is 4.74 Å². The van der Waals surface area contributed by atoms with Gasteiger partial charge in [-0.15, -0.1) is 11.8 Å². The van der Waals surface area contributed by atoms with Crippen LogP contribution in [0.4, 0.5) is 0 Å². The molecule has 5 nitrogen and oxygen atoms in total. The average molecular weight is 400 g/mol. The molecule has 1 aliphatic rings. The molecule has 0 bridgehead atoms. The van der Waals surface area contributed by atoms with Crippen LogP contribution >= 0.6 is 11.8 Å². The maximum Gasteiger partial charge on any atom is 0.232 e. The van der Waals surface area contributed by atoms with Gasteiger partial charge in [-0.05, 0) is 37.6 Å². The van der Waals surface area contributed by atoms with E-state index in [9.17, 15) is 4.79 Å². The van der Waals surface area contributed by atoms with Crippen molar-refractivity contribution in [3.05, 3.63) is 59.9 Å². The number of aromatic nitrogens is 1. The zero-order valence-electron chi connectivity index (χ0n) is 16.5. The quantitative estimate of drug-likeness (QED) is 0.638. The second-order valence-electron chi connectivity index (χ2n) is 6.99. The summed E-state index contributed by atoms with van der Waals surface area (Å²) in [6.45, 7) is 7.06. The van der Waals surface area contributed by atoms with Gasteiger partial charge in [0.2, 0.25) is 5.91 Å². The van der Waals surface area contributed by atoms with Crippen molar-refractivity contribution in [1.82, 2.24) is 14.8 Å². The van der Waals surface area contributed by atoms with E-state index in [1.54, 1.807) is 11.8 Å². The largest absolute Gasteiger partial charge is 0.493 e. The Balaban J connectivity index is 1.34. The molecule has 0 spiro atoms. The molecular weight excluding hydrogens is 370 g/mol. The zero-order valence-corrected chi connectivity index (χ0v) is 17.4. The Kier molecular flexibility index (Phi) is 8.18. The van der Waals surface area contributed by atoms with Crippen LogP contribution in [0.3, 0.4) is 0 Å². The van der Waals surface area contributed by atoms with E-state index < -0.39 is 0 Å². The van der Waals surface area contributed by atoms with Crippen molar-refractivity contribution in [2.45, 2.75) is 19.9 Å². The van der Waals surface area contributed by atoms with Crippen molar-refractivity contribution < 1.29 is 9.53 Å². The molecule has 0 radical (unpaired) electrons. The lowest BCUT2D eigenvalue weighted by molar-refractivity contribution is -0.128. The van der Waals surface area contributed by atoms with Crippen LogP contribution in [0.2, 0.25) is 0 Å². The Morgan fingerprint density at radius 2 is 1.93 bits per heavy atom. The molecule has 0 atom stereocenters. The van der Waals surface area contributed by atoms with Crippen LogP contribution in [-0.2, 0) is 11.3 Å². The monoisotopic (exact) mass is 399 g/mol. The minimum absolute atomic E-state index is 0.236. The fourth-order valence-corrected chi connectivity index (χ4v) is 3.98. The third-order valence-electron chi connectivity index (χ3n) is 4.74. The van der Waals surface area contributed by atoms with Crippen LogP contribution in [0.15, 0.2) is 48.5 Å². The Morgan fingerprint density at radius 3 is 2.75 bits per heavy atom. The van der Waals surface area contributed by atoms with Crippen molar-refractivity contribution in [2.75, 3.05) is 44.3 Å². The molecule has 2 aromatic rings. The number of carbonyl (C=O) groups excluding carboxylic acids is 1. The van der Waals surface area contributed by atoms with Gasteiger partial charge in [0.1, 0.15) is 5.75 Å². The number of pyridine rings is 1. The number of carbonyl (C=O) groups is 1. The lowest BCUT2D eigenvalue weighted by Gasteiger charge is -2.22. The van der Waals surface area contributed by atoms with Crippen LogP contribution in [-0.4, -0.2) is 65.0 Å². The number of hydrogen-bond donors (Lipinski definition) is 0. The molecule has 0 N–H and O–H groups in total. The summed E-state index contributed by atoms with van der Waals surface area (Å²) in [4.78, 5) is 21.5. The van der Waals surface area contributed by atoms with Crippen LogP contribution in [0.25, 0.3) is 0 Å². The van der Waals surface area contributed by atoms with Crippen LogP contribution in [0.1, 0.15) is 17.8 Å². The summed E-state index contributed by atoms with van der Waals surface area (Å²) < 4.78 is 5.67. The van der Waals surface area contributed by atoms with E-state index >= 15 is 0 Å². The van der Waals surface area contributed by atoms with Crippen molar-refractivity contribution in [3.8, 4) is 5.75 Å². The number of nitrogens with zero attached hydrogens (tertiary/aromatic N) is 3. The Hall–Kier alpha value is -2.05. The molecule has 0 saturated carbocycles. The molecule has 1 fully saturated rings. The highest BCUT2D eigenvalue weighted by atomic mass is 32.2. The van der Waals surface area contributed by atoms with Gasteiger partial charge in [0.25, 0.3) is 0 Å². The SMILES string of the molecule is Cc1cccc(CN2CCCN(C(=O)CSCCOc3ccccc3)CC2)n1. The highest BCUT2D eigenvalue weighted by Crippen LogP contribution is 2.12. The van der Waals surface area contributed by atoms with E-state index in [2.05, 4.69) is 22.0 Å². The first-order valence-electron chi connectivity index (χ1n) is 9.89. The summed E-state index contributed by atoms with van der Waals surface area (Å²) in [5.41, 5.74) is 2.16. The molecule has 1 aromatic heterocycles. The van der Waals surface area contributed by atoms with E-state index in [1.165, 1.54) is 0 Å². The number of ether oxygens (including phenoxy) is 1. The Bertz CT molecular complexity index is 742. The summed E-state index contributed by atoms with van der Waals surface area (Å²) in [5, 5.41) is 0. The molecule has 0 aliphatic carbocycles. The smallest absolute Gasteiger partial charge is 0.232 e. The predicted octanol–water partition coefficient (Wildman–Crippen LogP) is 3.24. The highest BCUT2D eigenvalue weighted by molar-refractivity contribution is 7.99. The van der Waals surface area contributed by atoms with Gasteiger partial charge in [-0.2, -0.15) is 0 Å². The number of benzene rings is 1. The maximum absolute atomic E-state index is 12.5. The number of para-hydroxylation sites is 1. The number of rotatable bonds is 8. The standard InChI is InChI=1S/C22H29N3O2S/c1-19-7-5-8-20(23-19)17-24-11-6-12-25(14-13-24)22(26)18-28-16-15-27-21-9-3-2-4-10-21/h2-5,7-10H,6,11-18H2,1H3. The fraction of sp³-hybridized carbons (Fsp3) is 0.455. The molecule has 1 aromatic carbocycles. The molecule has 1 saturated heterocycles. The molecule has 2 heterocycles. The van der Waals surface area contributed by atoms with Gasteiger partial charge in [0.05, 0.1) is 18.1 Å². The van der Waals surface area contributed by atoms with Crippen molar-refractivity contribution in [3.63, 3.8) is 0 Å². The van der Waals surface area contributed by atoms with E-state index in [0.717, 1.165) is 62.0 Å². The Labute approximate surface area is 172 Å². The summed E-state index contributed by atoms with van der Waals surface area (Å²) in [7, 11) is 0. The lowest BCUT2D eigenvalue weighted by atomic mass is 10.3. The van der Waals surface area contributed by atoms with Crippen molar-refractivity contribution >= 4 is 17.7 Å². The molecule has 1 aliphatic heterocycles. The second-order valence-corrected chi connectivity index (χ2v) is 8.10. The number of aryl methyl sites for hydroxylation is 1. The molecule has 0 unspecified atom stereocenters. The normalized spacial score (nSPS) is 15.2. The minimum Gasteiger partial charge on any atom is -0.493 e. The lowest BCUT2D eigenvalue weighted by Crippen LogP contribution is -2.36. The van der Waals surface area contributed by atoms with Gasteiger partial charge in [-0.1, -0.05) is 24.3 Å². The summed E-state index contributed by atoms with van der Waals surface area (Å²) in [6, 6.07) is 16.0. The van der Waals surface area contributed by atoms with Crippen LogP contribution in [0, 0.1) is 6.92 Å². The molecule has 150 valence electrons. The number of thioether (sulfide) groups is 1. The molecule has 6 heteroatoms. The first kappa shape index (κ1) is 20.7. The molecule has 28 heavy (non-hydrogen) atoms. The van der Waals surface area contributed by atoms with E-state index in [1.807, 2.05) is 48.2 Å². The zero-order chi connectivity index (χ0) is 19.6. The summed E-state index contributed by atoms with van der Waals surface area (Å²) in [6.07, 6.45) is 1.01. The van der Waals surface area contributed by atoms with Gasteiger partial charge in [0.15, 0.2) is 0 Å². The molecular formula is C22H29N3O2S. The first-order chi connectivity index (χ1) is 13.7. The maximum atomic E-state index is 12.5. The van der Waals surface area contributed by atoms with E-state index in [0.29, 0.717) is 12.4 Å². The summed E-state index contributed by atoms with van der Waals surface area (Å²) in [5.74, 6) is 2.46. The summed E-state index contributed by atoms with van der Waals surface area (Å²) >= 11 is 1.65. The van der Waals surface area contributed by atoms with Gasteiger partial charge in [-0.3, -0.25) is 14.7 Å². The third-order valence-corrected chi connectivity index (χ3v) is 5.64. The van der Waals surface area contributed by atoms with Crippen LogP contribution in [0.5, 0.6) is 5.75 Å². The highest BCUT2D eigenvalue weighted by Gasteiger charge is 2.19. The predicted molar refractivity (Wildman–Crippen MR) is 115 cm³/mol. The first-order valence-corrected chi connectivity index (χ1v) is 11.0. The van der Waals surface area contributed by atoms with E-state index in [-0.39, 0.29) is 5.91 Å². The van der Waals surface area contributed by atoms with Gasteiger partial charge in [0, 0.05) is 44.2 Å².